The molecule has 2 N–H and O–H groups in total. The Balaban J connectivity index is 2.37. The molecule has 8 heteroatoms. The van der Waals surface area contributed by atoms with Gasteiger partial charge in [-0.2, -0.15) is 0 Å². The number of carbonyl (C=O) groups is 1. The molecule has 0 spiro atoms. The number of aryl methyl sites for hydroxylation is 1. The van der Waals surface area contributed by atoms with Crippen LogP contribution in [0, 0.1) is 12.7 Å². The summed E-state index contributed by atoms with van der Waals surface area (Å²) in [4.78, 5) is 13.3. The predicted molar refractivity (Wildman–Crippen MR) is 73.8 cm³/mol. The molecule has 1 aromatic rings. The molecule has 6 nitrogen and oxygen atoms in total. The second-order valence-corrected chi connectivity index (χ2v) is 6.58. The van der Waals surface area contributed by atoms with Crippen molar-refractivity contribution in [3.8, 4) is 0 Å². The van der Waals surface area contributed by atoms with Crippen molar-refractivity contribution < 1.29 is 22.3 Å². The molecular formula is C13H17FN2O4S. The number of methoxy groups -OCH3 is 1. The van der Waals surface area contributed by atoms with E-state index in [0.717, 1.165) is 6.07 Å². The second kappa shape index (κ2) is 5.70. The van der Waals surface area contributed by atoms with Crippen molar-refractivity contribution >= 4 is 15.9 Å². The topological polar surface area (TPSA) is 89.7 Å². The van der Waals surface area contributed by atoms with E-state index in [1.54, 1.807) is 12.0 Å². The lowest BCUT2D eigenvalue weighted by Gasteiger charge is -2.17. The lowest BCUT2D eigenvalue weighted by atomic mass is 10.1. The first-order valence-electron chi connectivity index (χ1n) is 6.39. The molecule has 116 valence electrons. The maximum absolute atomic E-state index is 13.8. The molecule has 1 aliphatic heterocycles. The highest BCUT2D eigenvalue weighted by Gasteiger charge is 2.28. The van der Waals surface area contributed by atoms with Gasteiger partial charge in [-0.15, -0.1) is 0 Å². The van der Waals surface area contributed by atoms with E-state index in [1.165, 1.54) is 13.0 Å². The Kier molecular flexibility index (Phi) is 4.31. The van der Waals surface area contributed by atoms with Crippen molar-refractivity contribution in [3.63, 3.8) is 0 Å². The Morgan fingerprint density at radius 2 is 2.14 bits per heavy atom. The van der Waals surface area contributed by atoms with E-state index in [4.69, 9.17) is 9.88 Å². The minimum absolute atomic E-state index is 0.0341. The lowest BCUT2D eigenvalue weighted by Crippen LogP contribution is -2.30. The highest BCUT2D eigenvalue weighted by atomic mass is 32.2. The first kappa shape index (κ1) is 15.9. The predicted octanol–water partition coefficient (Wildman–Crippen LogP) is 0.642. The quantitative estimate of drug-likeness (QED) is 0.886. The van der Waals surface area contributed by atoms with Crippen molar-refractivity contribution in [3.05, 3.63) is 29.1 Å². The highest BCUT2D eigenvalue weighted by molar-refractivity contribution is 7.89. The molecular weight excluding hydrogens is 299 g/mol. The number of rotatable bonds is 3. The molecule has 2 rings (SSSR count). The van der Waals surface area contributed by atoms with Crippen LogP contribution in [0.2, 0.25) is 0 Å². The van der Waals surface area contributed by atoms with Crippen molar-refractivity contribution in [1.82, 2.24) is 4.90 Å². The average Bonchev–Trinajstić information content (AvgIpc) is 2.88. The maximum Gasteiger partial charge on any atom is 0.253 e. The Bertz CT molecular complexity index is 675. The third-order valence-corrected chi connectivity index (χ3v) is 4.45. The molecule has 21 heavy (non-hydrogen) atoms. The summed E-state index contributed by atoms with van der Waals surface area (Å²) in [7, 11) is -2.65. The first-order chi connectivity index (χ1) is 9.74. The number of benzene rings is 1. The summed E-state index contributed by atoms with van der Waals surface area (Å²) in [5.74, 6) is -1.28. The monoisotopic (exact) mass is 316 g/mol. The van der Waals surface area contributed by atoms with Gasteiger partial charge in [0.2, 0.25) is 10.0 Å². The summed E-state index contributed by atoms with van der Waals surface area (Å²) in [6, 6.07) is 2.31. The first-order valence-corrected chi connectivity index (χ1v) is 7.93. The van der Waals surface area contributed by atoms with Crippen LogP contribution < -0.4 is 5.14 Å². The van der Waals surface area contributed by atoms with E-state index in [9.17, 15) is 17.6 Å². The highest BCUT2D eigenvalue weighted by Crippen LogP contribution is 2.22. The van der Waals surface area contributed by atoms with Crippen LogP contribution in [0.25, 0.3) is 0 Å². The molecule has 1 atom stereocenters. The minimum Gasteiger partial charge on any atom is -0.380 e. The molecule has 0 aliphatic carbocycles. The number of hydrogen-bond donors (Lipinski definition) is 1. The van der Waals surface area contributed by atoms with Gasteiger partial charge in [0.05, 0.1) is 6.10 Å². The number of carbonyl (C=O) groups excluding carboxylic acids is 1. The zero-order valence-electron chi connectivity index (χ0n) is 11.8. The number of amides is 1. The summed E-state index contributed by atoms with van der Waals surface area (Å²) in [5, 5.41) is 4.98. The largest absolute Gasteiger partial charge is 0.380 e. The summed E-state index contributed by atoms with van der Waals surface area (Å²) in [6.07, 6.45) is 0.679. The van der Waals surface area contributed by atoms with Crippen LogP contribution in [0.4, 0.5) is 4.39 Å². The number of primary sulfonamides is 1. The SMILES string of the molecule is COC1CCN(C(=O)c2cc(C)c(F)c(S(N)(=O)=O)c2)C1. The number of likely N-dealkylation sites (tertiary alicyclic amines) is 1. The normalized spacial score (nSPS) is 19.0. The van der Waals surface area contributed by atoms with E-state index < -0.39 is 20.7 Å². The zero-order valence-corrected chi connectivity index (χ0v) is 12.6. The third-order valence-electron chi connectivity index (χ3n) is 3.54. The fourth-order valence-electron chi connectivity index (χ4n) is 2.36. The molecule has 1 amide bonds. The van der Waals surface area contributed by atoms with Gasteiger partial charge in [0, 0.05) is 25.8 Å². The van der Waals surface area contributed by atoms with Gasteiger partial charge in [-0.25, -0.2) is 17.9 Å². The molecule has 0 bridgehead atoms. The van der Waals surface area contributed by atoms with E-state index in [2.05, 4.69) is 0 Å². The van der Waals surface area contributed by atoms with E-state index in [-0.39, 0.29) is 23.1 Å². The van der Waals surface area contributed by atoms with Crippen LogP contribution in [0.3, 0.4) is 0 Å². The van der Waals surface area contributed by atoms with Crippen molar-refractivity contribution in [2.24, 2.45) is 5.14 Å². The second-order valence-electron chi connectivity index (χ2n) is 5.05. The van der Waals surface area contributed by atoms with Gasteiger partial charge in [0.15, 0.2) is 0 Å². The van der Waals surface area contributed by atoms with Gasteiger partial charge < -0.3 is 9.64 Å². The van der Waals surface area contributed by atoms with Crippen LogP contribution in [0.15, 0.2) is 17.0 Å². The minimum atomic E-state index is -4.22. The third kappa shape index (κ3) is 3.22. The Morgan fingerprint density at radius 1 is 1.48 bits per heavy atom. The summed E-state index contributed by atoms with van der Waals surface area (Å²) >= 11 is 0. The Morgan fingerprint density at radius 3 is 2.67 bits per heavy atom. The van der Waals surface area contributed by atoms with Crippen LogP contribution in [0.5, 0.6) is 0 Å². The van der Waals surface area contributed by atoms with Crippen LogP contribution in [-0.2, 0) is 14.8 Å². The van der Waals surface area contributed by atoms with E-state index in [1.807, 2.05) is 0 Å². The molecule has 0 radical (unpaired) electrons. The molecule has 1 saturated heterocycles. The maximum atomic E-state index is 13.8. The molecule has 0 aromatic heterocycles. The molecule has 0 saturated carbocycles. The fourth-order valence-corrected chi connectivity index (χ4v) is 3.06. The van der Waals surface area contributed by atoms with Crippen molar-refractivity contribution in [2.75, 3.05) is 20.2 Å². The fraction of sp³-hybridized carbons (Fsp3) is 0.462. The van der Waals surface area contributed by atoms with Crippen LogP contribution in [0.1, 0.15) is 22.3 Å². The molecule has 1 fully saturated rings. The summed E-state index contributed by atoms with van der Waals surface area (Å²) in [5.41, 5.74) is 0.169. The van der Waals surface area contributed by atoms with Gasteiger partial charge in [-0.3, -0.25) is 4.79 Å². The van der Waals surface area contributed by atoms with E-state index in [0.29, 0.717) is 19.5 Å². The Hall–Kier alpha value is -1.51. The average molecular weight is 316 g/mol. The van der Waals surface area contributed by atoms with Crippen molar-refractivity contribution in [1.29, 1.82) is 0 Å². The molecule has 1 aliphatic rings. The number of hydrogen-bond acceptors (Lipinski definition) is 4. The van der Waals surface area contributed by atoms with Crippen LogP contribution in [-0.4, -0.2) is 45.5 Å². The molecule has 1 heterocycles. The van der Waals surface area contributed by atoms with Gasteiger partial charge in [-0.05, 0) is 31.0 Å². The standard InChI is InChI=1S/C13H17FN2O4S/c1-8-5-9(6-11(12(8)14)21(15,18)19)13(17)16-4-3-10(7-16)20-2/h5-6,10H,3-4,7H2,1-2H3,(H2,15,18,19). The molecule has 1 aromatic carbocycles. The van der Waals surface area contributed by atoms with Gasteiger partial charge in [0.25, 0.3) is 5.91 Å². The van der Waals surface area contributed by atoms with Gasteiger partial charge in [0.1, 0.15) is 10.7 Å². The number of sulfonamides is 1. The van der Waals surface area contributed by atoms with Crippen molar-refractivity contribution in [2.45, 2.75) is 24.3 Å². The van der Waals surface area contributed by atoms with Gasteiger partial charge >= 0.3 is 0 Å². The summed E-state index contributed by atoms with van der Waals surface area (Å²) in [6.45, 7) is 2.33. The number of nitrogens with two attached hydrogens (primary N) is 1. The number of ether oxygens (including phenoxy) is 1. The molecule has 1 unspecified atom stereocenters. The number of nitrogens with zero attached hydrogens (tertiary/aromatic N) is 1. The lowest BCUT2D eigenvalue weighted by molar-refractivity contribution is 0.0724. The Labute approximate surface area is 122 Å². The van der Waals surface area contributed by atoms with Gasteiger partial charge in [-0.1, -0.05) is 0 Å². The summed E-state index contributed by atoms with van der Waals surface area (Å²) < 4.78 is 41.8. The smallest absolute Gasteiger partial charge is 0.253 e. The zero-order chi connectivity index (χ0) is 15.8. The van der Waals surface area contributed by atoms with E-state index >= 15 is 0 Å². The number of halogens is 1. The van der Waals surface area contributed by atoms with Crippen LogP contribution >= 0.6 is 0 Å².